The van der Waals surface area contributed by atoms with Crippen LogP contribution in [0.2, 0.25) is 0 Å². The summed E-state index contributed by atoms with van der Waals surface area (Å²) < 4.78 is 37.8. The predicted octanol–water partition coefficient (Wildman–Crippen LogP) is 4.14. The van der Waals surface area contributed by atoms with Crippen molar-refractivity contribution in [1.82, 2.24) is 4.90 Å². The number of alkyl halides is 3. The molecule has 1 rings (SSSR count). The van der Waals surface area contributed by atoms with E-state index >= 15 is 0 Å². The van der Waals surface area contributed by atoms with Gasteiger partial charge in [-0.2, -0.15) is 13.2 Å². The second-order valence-electron chi connectivity index (χ2n) is 6.11. The van der Waals surface area contributed by atoms with Crippen LogP contribution in [0.15, 0.2) is 36.4 Å². The molecule has 0 atom stereocenters. The van der Waals surface area contributed by atoms with E-state index in [1.54, 1.807) is 45.0 Å². The Morgan fingerprint density at radius 3 is 2.14 bits per heavy atom. The molecule has 2 nitrogen and oxygen atoms in total. The van der Waals surface area contributed by atoms with E-state index in [2.05, 4.69) is 0 Å². The number of hydrogen-bond donors (Lipinski definition) is 0. The van der Waals surface area contributed by atoms with Gasteiger partial charge in [0.2, 0.25) is 5.91 Å². The van der Waals surface area contributed by atoms with E-state index in [-0.39, 0.29) is 6.54 Å². The fourth-order valence-corrected chi connectivity index (χ4v) is 1.84. The molecular formula is C16H20F3NO. The maximum atomic E-state index is 12.6. The molecule has 0 spiro atoms. The summed E-state index contributed by atoms with van der Waals surface area (Å²) >= 11 is 0. The monoisotopic (exact) mass is 299 g/mol. The molecule has 0 bridgehead atoms. The van der Waals surface area contributed by atoms with E-state index in [0.717, 1.165) is 10.5 Å². The van der Waals surface area contributed by atoms with Crippen LogP contribution in [0, 0.1) is 5.41 Å². The quantitative estimate of drug-likeness (QED) is 0.765. The summed E-state index contributed by atoms with van der Waals surface area (Å²) in [6.45, 7) is 4.20. The average molecular weight is 299 g/mol. The number of halogens is 3. The highest BCUT2D eigenvalue weighted by atomic mass is 19.4. The maximum absolute atomic E-state index is 12.6. The molecule has 1 aromatic rings. The summed E-state index contributed by atoms with van der Waals surface area (Å²) in [5.41, 5.74) is 0.371. The Morgan fingerprint density at radius 1 is 1.10 bits per heavy atom. The van der Waals surface area contributed by atoms with Crippen LogP contribution in [0.5, 0.6) is 0 Å². The number of carbonyl (C=O) groups excluding carboxylic acids is 1. The van der Waals surface area contributed by atoms with E-state index in [1.807, 2.05) is 6.07 Å². The van der Waals surface area contributed by atoms with Gasteiger partial charge in [-0.25, -0.2) is 0 Å². The van der Waals surface area contributed by atoms with E-state index in [1.165, 1.54) is 12.2 Å². The van der Waals surface area contributed by atoms with E-state index < -0.39 is 24.0 Å². The molecule has 0 aromatic heterocycles. The first-order chi connectivity index (χ1) is 9.57. The Kier molecular flexibility index (Phi) is 5.58. The van der Waals surface area contributed by atoms with Gasteiger partial charge in [-0.3, -0.25) is 4.79 Å². The van der Waals surface area contributed by atoms with Crippen LogP contribution in [-0.2, 0) is 4.79 Å². The number of hydrogen-bond acceptors (Lipinski definition) is 1. The molecule has 116 valence electrons. The lowest BCUT2D eigenvalue weighted by atomic mass is 9.96. The molecule has 0 aliphatic heterocycles. The molecule has 0 aliphatic rings. The van der Waals surface area contributed by atoms with Crippen molar-refractivity contribution in [2.24, 2.45) is 5.41 Å². The lowest BCUT2D eigenvalue weighted by Gasteiger charge is -2.29. The van der Waals surface area contributed by atoms with Crippen molar-refractivity contribution < 1.29 is 18.0 Å². The summed E-state index contributed by atoms with van der Waals surface area (Å²) in [4.78, 5) is 12.8. The molecule has 5 heteroatoms. The van der Waals surface area contributed by atoms with Gasteiger partial charge in [0.1, 0.15) is 6.54 Å². The molecule has 0 N–H and O–H groups in total. The fourth-order valence-electron chi connectivity index (χ4n) is 1.84. The lowest BCUT2D eigenvalue weighted by Crippen LogP contribution is -2.42. The van der Waals surface area contributed by atoms with E-state index in [4.69, 9.17) is 0 Å². The molecule has 1 aromatic carbocycles. The second kappa shape index (κ2) is 6.78. The van der Waals surface area contributed by atoms with E-state index in [0.29, 0.717) is 0 Å². The lowest BCUT2D eigenvalue weighted by molar-refractivity contribution is -0.160. The molecule has 21 heavy (non-hydrogen) atoms. The maximum Gasteiger partial charge on any atom is 0.406 e. The first-order valence-corrected chi connectivity index (χ1v) is 6.66. The first kappa shape index (κ1) is 17.3. The van der Waals surface area contributed by atoms with Crippen LogP contribution < -0.4 is 0 Å². The van der Waals surface area contributed by atoms with Crippen LogP contribution in [0.1, 0.15) is 26.3 Å². The molecule has 0 saturated carbocycles. The molecule has 0 aliphatic carbocycles. The van der Waals surface area contributed by atoms with Crippen LogP contribution in [0.25, 0.3) is 6.08 Å². The van der Waals surface area contributed by atoms with E-state index in [9.17, 15) is 18.0 Å². The van der Waals surface area contributed by atoms with Crippen LogP contribution in [-0.4, -0.2) is 30.1 Å². The van der Waals surface area contributed by atoms with Gasteiger partial charge >= 0.3 is 6.18 Å². The SMILES string of the molecule is CC(C)(C)CN(CC(F)(F)F)C(=O)/C=C/c1ccccc1. The number of rotatable bonds is 4. The van der Waals surface area contributed by atoms with Gasteiger partial charge in [-0.15, -0.1) is 0 Å². The summed E-state index contributed by atoms with van der Waals surface area (Å²) in [6, 6.07) is 8.98. The number of carbonyl (C=O) groups is 1. The zero-order valence-corrected chi connectivity index (χ0v) is 12.4. The van der Waals surface area contributed by atoms with Crippen molar-refractivity contribution in [2.75, 3.05) is 13.1 Å². The van der Waals surface area contributed by atoms with Crippen molar-refractivity contribution in [1.29, 1.82) is 0 Å². The van der Waals surface area contributed by atoms with Gasteiger partial charge in [0.25, 0.3) is 0 Å². The van der Waals surface area contributed by atoms with Gasteiger partial charge in [0.15, 0.2) is 0 Å². The topological polar surface area (TPSA) is 20.3 Å². The molecular weight excluding hydrogens is 279 g/mol. The van der Waals surface area contributed by atoms with Crippen molar-refractivity contribution >= 4 is 12.0 Å². The largest absolute Gasteiger partial charge is 0.406 e. The van der Waals surface area contributed by atoms with Crippen molar-refractivity contribution in [3.8, 4) is 0 Å². The smallest absolute Gasteiger partial charge is 0.330 e. The van der Waals surface area contributed by atoms with Crippen LogP contribution >= 0.6 is 0 Å². The minimum Gasteiger partial charge on any atom is -0.330 e. The summed E-state index contributed by atoms with van der Waals surface area (Å²) in [5.74, 6) is -0.633. The minimum atomic E-state index is -4.40. The Hall–Kier alpha value is -1.78. The second-order valence-corrected chi connectivity index (χ2v) is 6.11. The first-order valence-electron chi connectivity index (χ1n) is 6.66. The van der Waals surface area contributed by atoms with Gasteiger partial charge in [-0.05, 0) is 17.1 Å². The molecule has 1 amide bonds. The Bertz CT molecular complexity index is 470. The average Bonchev–Trinajstić information content (AvgIpc) is 2.33. The van der Waals surface area contributed by atoms with Crippen molar-refractivity contribution in [3.63, 3.8) is 0 Å². The predicted molar refractivity (Wildman–Crippen MR) is 77.6 cm³/mol. The molecule has 0 saturated heterocycles. The van der Waals surface area contributed by atoms with Crippen molar-refractivity contribution in [2.45, 2.75) is 26.9 Å². The Labute approximate surface area is 123 Å². The van der Waals surface area contributed by atoms with Gasteiger partial charge < -0.3 is 4.90 Å². The number of amides is 1. The fraction of sp³-hybridized carbons (Fsp3) is 0.438. The highest BCUT2D eigenvalue weighted by Crippen LogP contribution is 2.21. The Balaban J connectivity index is 2.82. The van der Waals surface area contributed by atoms with Crippen LogP contribution in [0.3, 0.4) is 0 Å². The van der Waals surface area contributed by atoms with Gasteiger partial charge in [-0.1, -0.05) is 51.1 Å². The number of benzene rings is 1. The highest BCUT2D eigenvalue weighted by molar-refractivity contribution is 5.91. The minimum absolute atomic E-state index is 0.0461. The third-order valence-electron chi connectivity index (χ3n) is 2.56. The van der Waals surface area contributed by atoms with Crippen LogP contribution in [0.4, 0.5) is 13.2 Å². The molecule has 0 unspecified atom stereocenters. The standard InChI is InChI=1S/C16H20F3NO/c1-15(2,3)11-20(12-16(17,18)19)14(21)10-9-13-7-5-4-6-8-13/h4-10H,11-12H2,1-3H3/b10-9+. The highest BCUT2D eigenvalue weighted by Gasteiger charge is 2.33. The normalized spacial score (nSPS) is 12.7. The molecule has 0 radical (unpaired) electrons. The van der Waals surface area contributed by atoms with Gasteiger partial charge in [0, 0.05) is 12.6 Å². The zero-order chi connectivity index (χ0) is 16.1. The molecule has 0 heterocycles. The van der Waals surface area contributed by atoms with Crippen molar-refractivity contribution in [3.05, 3.63) is 42.0 Å². The summed E-state index contributed by atoms with van der Waals surface area (Å²) in [7, 11) is 0. The zero-order valence-electron chi connectivity index (χ0n) is 12.4. The summed E-state index contributed by atoms with van der Waals surface area (Å²) in [6.07, 6.45) is -1.69. The van der Waals surface area contributed by atoms with Gasteiger partial charge in [0.05, 0.1) is 0 Å². The third kappa shape index (κ3) is 7.54. The Morgan fingerprint density at radius 2 is 1.67 bits per heavy atom. The molecule has 0 fully saturated rings. The number of nitrogens with zero attached hydrogens (tertiary/aromatic N) is 1. The summed E-state index contributed by atoms with van der Waals surface area (Å²) in [5, 5.41) is 0. The third-order valence-corrected chi connectivity index (χ3v) is 2.56.